The predicted molar refractivity (Wildman–Crippen MR) is 74.9 cm³/mol. The molecule has 2 rings (SSSR count). The maximum atomic E-state index is 13.3. The first-order valence-electron chi connectivity index (χ1n) is 5.86. The standard InChI is InChI=1S/C12H12BrClFN3O2/c13-12-16-11(18(17-12)2-1-3-19)10(20)7-4-8(14)6-9(15)5-7/h4-6,10,19-20H,1-3H2. The van der Waals surface area contributed by atoms with E-state index >= 15 is 0 Å². The van der Waals surface area contributed by atoms with Crippen LogP contribution in [0.2, 0.25) is 5.02 Å². The van der Waals surface area contributed by atoms with Crippen LogP contribution in [0.5, 0.6) is 0 Å². The second-order valence-corrected chi connectivity index (χ2v) is 5.29. The van der Waals surface area contributed by atoms with E-state index in [1.54, 1.807) is 0 Å². The first-order valence-corrected chi connectivity index (χ1v) is 7.03. The Hall–Kier alpha value is -1.02. The zero-order chi connectivity index (χ0) is 14.7. The van der Waals surface area contributed by atoms with Gasteiger partial charge in [0, 0.05) is 18.2 Å². The molecule has 2 aromatic rings. The quantitative estimate of drug-likeness (QED) is 0.854. The highest BCUT2D eigenvalue weighted by molar-refractivity contribution is 9.10. The lowest BCUT2D eigenvalue weighted by Crippen LogP contribution is -2.12. The summed E-state index contributed by atoms with van der Waals surface area (Å²) in [7, 11) is 0. The van der Waals surface area contributed by atoms with Gasteiger partial charge in [-0.2, -0.15) is 0 Å². The van der Waals surface area contributed by atoms with Gasteiger partial charge in [0.15, 0.2) is 5.82 Å². The Morgan fingerprint density at radius 1 is 1.40 bits per heavy atom. The Kier molecular flexibility index (Phi) is 5.09. The van der Waals surface area contributed by atoms with E-state index in [9.17, 15) is 9.50 Å². The molecule has 5 nitrogen and oxygen atoms in total. The lowest BCUT2D eigenvalue weighted by Gasteiger charge is -2.12. The fraction of sp³-hybridized carbons (Fsp3) is 0.333. The van der Waals surface area contributed by atoms with Crippen LogP contribution in [0.15, 0.2) is 22.9 Å². The smallest absolute Gasteiger partial charge is 0.217 e. The van der Waals surface area contributed by atoms with Crippen LogP contribution >= 0.6 is 27.5 Å². The number of nitrogens with zero attached hydrogens (tertiary/aromatic N) is 3. The van der Waals surface area contributed by atoms with Crippen molar-refractivity contribution < 1.29 is 14.6 Å². The molecule has 1 aromatic heterocycles. The van der Waals surface area contributed by atoms with E-state index in [4.69, 9.17) is 16.7 Å². The number of aromatic nitrogens is 3. The van der Waals surface area contributed by atoms with Crippen molar-refractivity contribution in [2.75, 3.05) is 6.61 Å². The van der Waals surface area contributed by atoms with Gasteiger partial charge in [-0.05, 0) is 46.1 Å². The molecular formula is C12H12BrClFN3O2. The molecule has 0 spiro atoms. The summed E-state index contributed by atoms with van der Waals surface area (Å²) in [6.45, 7) is 0.392. The molecule has 1 atom stereocenters. The lowest BCUT2D eigenvalue weighted by molar-refractivity contribution is 0.199. The molecule has 2 N–H and O–H groups in total. The molecule has 0 aliphatic rings. The number of hydrogen-bond donors (Lipinski definition) is 2. The van der Waals surface area contributed by atoms with Crippen molar-refractivity contribution >= 4 is 27.5 Å². The molecule has 0 bridgehead atoms. The van der Waals surface area contributed by atoms with Crippen molar-refractivity contribution in [3.63, 3.8) is 0 Å². The maximum absolute atomic E-state index is 13.3. The van der Waals surface area contributed by atoms with Gasteiger partial charge in [0.2, 0.25) is 4.73 Å². The largest absolute Gasteiger partial charge is 0.396 e. The molecule has 0 saturated carbocycles. The molecule has 20 heavy (non-hydrogen) atoms. The van der Waals surface area contributed by atoms with E-state index in [1.807, 2.05) is 0 Å². The summed E-state index contributed by atoms with van der Waals surface area (Å²) in [5.41, 5.74) is 0.292. The van der Waals surface area contributed by atoms with Crippen molar-refractivity contribution in [2.24, 2.45) is 0 Å². The van der Waals surface area contributed by atoms with E-state index in [2.05, 4.69) is 26.0 Å². The zero-order valence-electron chi connectivity index (χ0n) is 10.3. The first kappa shape index (κ1) is 15.4. The van der Waals surface area contributed by atoms with Gasteiger partial charge in [-0.3, -0.25) is 0 Å². The van der Waals surface area contributed by atoms with Crippen LogP contribution in [-0.2, 0) is 6.54 Å². The minimum Gasteiger partial charge on any atom is -0.396 e. The molecule has 1 unspecified atom stereocenters. The van der Waals surface area contributed by atoms with E-state index in [0.29, 0.717) is 23.3 Å². The second-order valence-electron chi connectivity index (χ2n) is 4.14. The van der Waals surface area contributed by atoms with Crippen LogP contribution in [0.25, 0.3) is 0 Å². The maximum Gasteiger partial charge on any atom is 0.217 e. The Labute approximate surface area is 128 Å². The molecule has 0 aliphatic carbocycles. The highest BCUT2D eigenvalue weighted by atomic mass is 79.9. The number of aryl methyl sites for hydroxylation is 1. The Bertz CT molecular complexity index is 588. The van der Waals surface area contributed by atoms with Crippen molar-refractivity contribution in [1.29, 1.82) is 0 Å². The third-order valence-electron chi connectivity index (χ3n) is 2.65. The van der Waals surface area contributed by atoms with Crippen molar-refractivity contribution in [3.05, 3.63) is 45.2 Å². The molecule has 108 valence electrons. The molecule has 0 radical (unpaired) electrons. The minimum atomic E-state index is -1.15. The SMILES string of the molecule is OCCCn1nc(Br)nc1C(O)c1cc(F)cc(Cl)c1. The fourth-order valence-corrected chi connectivity index (χ4v) is 2.40. The number of halogens is 3. The zero-order valence-corrected chi connectivity index (χ0v) is 12.6. The van der Waals surface area contributed by atoms with Crippen LogP contribution in [0.4, 0.5) is 4.39 Å². The van der Waals surface area contributed by atoms with Crippen LogP contribution in [0.3, 0.4) is 0 Å². The van der Waals surface area contributed by atoms with E-state index in [1.165, 1.54) is 16.8 Å². The number of aliphatic hydroxyl groups is 2. The van der Waals surface area contributed by atoms with Gasteiger partial charge in [0.1, 0.15) is 11.9 Å². The summed E-state index contributed by atoms with van der Waals surface area (Å²) in [5.74, 6) is -0.279. The monoisotopic (exact) mass is 363 g/mol. The van der Waals surface area contributed by atoms with Gasteiger partial charge in [-0.1, -0.05) is 11.6 Å². The third-order valence-corrected chi connectivity index (χ3v) is 3.20. The van der Waals surface area contributed by atoms with Crippen LogP contribution in [-0.4, -0.2) is 31.6 Å². The van der Waals surface area contributed by atoms with Gasteiger partial charge in [-0.25, -0.2) is 14.1 Å². The topological polar surface area (TPSA) is 71.2 Å². The Morgan fingerprint density at radius 3 is 2.80 bits per heavy atom. The lowest BCUT2D eigenvalue weighted by atomic mass is 10.1. The fourth-order valence-electron chi connectivity index (χ4n) is 1.79. The summed E-state index contributed by atoms with van der Waals surface area (Å²) >= 11 is 8.90. The molecule has 8 heteroatoms. The second kappa shape index (κ2) is 6.62. The third kappa shape index (κ3) is 3.54. The van der Waals surface area contributed by atoms with Gasteiger partial charge in [0.25, 0.3) is 0 Å². The highest BCUT2D eigenvalue weighted by Crippen LogP contribution is 2.25. The number of benzene rings is 1. The van der Waals surface area contributed by atoms with Gasteiger partial charge in [-0.15, -0.1) is 5.10 Å². The summed E-state index contributed by atoms with van der Waals surface area (Å²) in [6.07, 6.45) is -0.680. The average molecular weight is 365 g/mol. The summed E-state index contributed by atoms with van der Waals surface area (Å²) in [4.78, 5) is 4.07. The summed E-state index contributed by atoms with van der Waals surface area (Å²) in [5, 5.41) is 23.4. The molecule has 0 amide bonds. The van der Waals surface area contributed by atoms with Gasteiger partial charge in [0.05, 0.1) is 0 Å². The van der Waals surface area contributed by atoms with Gasteiger partial charge < -0.3 is 10.2 Å². The Balaban J connectivity index is 2.34. The molecular weight excluding hydrogens is 353 g/mol. The molecule has 1 aromatic carbocycles. The van der Waals surface area contributed by atoms with Crippen molar-refractivity contribution in [3.8, 4) is 0 Å². The van der Waals surface area contributed by atoms with Crippen LogP contribution < -0.4 is 0 Å². The summed E-state index contributed by atoms with van der Waals surface area (Å²) < 4.78 is 15.1. The summed E-state index contributed by atoms with van der Waals surface area (Å²) in [6, 6.07) is 3.81. The van der Waals surface area contributed by atoms with Crippen LogP contribution in [0, 0.1) is 5.82 Å². The van der Waals surface area contributed by atoms with Crippen molar-refractivity contribution in [2.45, 2.75) is 19.1 Å². The number of hydrogen-bond acceptors (Lipinski definition) is 4. The van der Waals surface area contributed by atoms with Crippen LogP contribution in [0.1, 0.15) is 23.9 Å². The Morgan fingerprint density at radius 2 is 2.15 bits per heavy atom. The van der Waals surface area contributed by atoms with E-state index < -0.39 is 11.9 Å². The molecule has 0 saturated heterocycles. The average Bonchev–Trinajstić information content (AvgIpc) is 2.75. The highest BCUT2D eigenvalue weighted by Gasteiger charge is 2.20. The van der Waals surface area contributed by atoms with E-state index in [-0.39, 0.29) is 17.5 Å². The van der Waals surface area contributed by atoms with Gasteiger partial charge >= 0.3 is 0 Å². The van der Waals surface area contributed by atoms with Crippen molar-refractivity contribution in [1.82, 2.24) is 14.8 Å². The van der Waals surface area contributed by atoms with E-state index in [0.717, 1.165) is 6.07 Å². The first-order chi connectivity index (χ1) is 9.51. The number of rotatable bonds is 5. The molecule has 1 heterocycles. The number of aliphatic hydroxyl groups excluding tert-OH is 2. The molecule has 0 fully saturated rings. The minimum absolute atomic E-state index is 0.00118. The normalized spacial score (nSPS) is 12.7. The molecule has 0 aliphatic heterocycles. The predicted octanol–water partition coefficient (Wildman–Crippen LogP) is 2.30.